The van der Waals surface area contributed by atoms with E-state index in [0.717, 1.165) is 5.82 Å². The van der Waals surface area contributed by atoms with Gasteiger partial charge in [-0.1, -0.05) is 72.9 Å². The molecule has 5 heteroatoms. The molecule has 24 heavy (non-hydrogen) atoms. The average molecular weight is 334 g/mol. The summed E-state index contributed by atoms with van der Waals surface area (Å²) in [6.45, 7) is 1.42. The third-order valence-electron chi connectivity index (χ3n) is 3.69. The van der Waals surface area contributed by atoms with Crippen LogP contribution in [0.15, 0.2) is 73.2 Å². The van der Waals surface area contributed by atoms with Crippen molar-refractivity contribution in [3.8, 4) is 0 Å². The van der Waals surface area contributed by atoms with Crippen molar-refractivity contribution in [2.24, 2.45) is 5.73 Å². The number of aromatic nitrogens is 2. The van der Waals surface area contributed by atoms with Gasteiger partial charge in [0, 0.05) is 19.3 Å². The van der Waals surface area contributed by atoms with Crippen LogP contribution in [0, 0.1) is 0 Å². The van der Waals surface area contributed by atoms with E-state index in [1.54, 1.807) is 6.20 Å². The predicted molar refractivity (Wildman–Crippen MR) is 101 cm³/mol. The minimum Gasteiger partial charge on any atom is -0.389 e. The molecular formula is C19H18N4S. The van der Waals surface area contributed by atoms with Crippen LogP contribution >= 0.6 is 12.2 Å². The SMILES string of the molecule is NC(=S)c1cncnc1N(Cc1ccccc1)Cc1ccccc1. The molecule has 0 aliphatic carbocycles. The maximum absolute atomic E-state index is 5.86. The average Bonchev–Trinajstić information content (AvgIpc) is 2.63. The third kappa shape index (κ3) is 3.94. The molecule has 0 bridgehead atoms. The van der Waals surface area contributed by atoms with Gasteiger partial charge in [-0.05, 0) is 11.1 Å². The lowest BCUT2D eigenvalue weighted by Crippen LogP contribution is -2.26. The van der Waals surface area contributed by atoms with Crippen LogP contribution in [-0.4, -0.2) is 15.0 Å². The molecule has 0 unspecified atom stereocenters. The lowest BCUT2D eigenvalue weighted by atomic mass is 10.1. The van der Waals surface area contributed by atoms with Gasteiger partial charge in [0.2, 0.25) is 0 Å². The quantitative estimate of drug-likeness (QED) is 0.701. The topological polar surface area (TPSA) is 55.0 Å². The molecule has 0 amide bonds. The summed E-state index contributed by atoms with van der Waals surface area (Å²) in [6.07, 6.45) is 3.20. The summed E-state index contributed by atoms with van der Waals surface area (Å²) in [5, 5.41) is 0. The molecule has 0 fully saturated rings. The van der Waals surface area contributed by atoms with E-state index < -0.39 is 0 Å². The van der Waals surface area contributed by atoms with Crippen LogP contribution in [0.4, 0.5) is 5.82 Å². The van der Waals surface area contributed by atoms with Crippen LogP contribution in [0.1, 0.15) is 16.7 Å². The number of hydrogen-bond acceptors (Lipinski definition) is 4. The molecular weight excluding hydrogens is 316 g/mol. The molecule has 3 rings (SSSR count). The van der Waals surface area contributed by atoms with Gasteiger partial charge in [0.05, 0.1) is 5.56 Å². The summed E-state index contributed by atoms with van der Waals surface area (Å²) >= 11 is 5.17. The minimum absolute atomic E-state index is 0.303. The molecule has 0 saturated carbocycles. The van der Waals surface area contributed by atoms with Crippen LogP contribution in [0.5, 0.6) is 0 Å². The van der Waals surface area contributed by atoms with Crippen molar-refractivity contribution >= 4 is 23.0 Å². The van der Waals surface area contributed by atoms with Crippen molar-refractivity contribution in [2.45, 2.75) is 13.1 Å². The molecule has 0 aliphatic heterocycles. The second-order valence-corrected chi connectivity index (χ2v) is 5.89. The smallest absolute Gasteiger partial charge is 0.142 e. The van der Waals surface area contributed by atoms with Crippen LogP contribution in [0.25, 0.3) is 0 Å². The molecule has 4 nitrogen and oxygen atoms in total. The lowest BCUT2D eigenvalue weighted by molar-refractivity contribution is 0.779. The monoisotopic (exact) mass is 334 g/mol. The second-order valence-electron chi connectivity index (χ2n) is 5.45. The first-order valence-corrected chi connectivity index (χ1v) is 8.07. The largest absolute Gasteiger partial charge is 0.389 e. The van der Waals surface area contributed by atoms with Crippen LogP contribution in [0.2, 0.25) is 0 Å². The maximum Gasteiger partial charge on any atom is 0.142 e. The van der Waals surface area contributed by atoms with Gasteiger partial charge in [-0.15, -0.1) is 0 Å². The molecule has 120 valence electrons. The van der Waals surface area contributed by atoms with Crippen molar-refractivity contribution in [3.05, 3.63) is 89.9 Å². The van der Waals surface area contributed by atoms with E-state index in [-0.39, 0.29) is 0 Å². The van der Waals surface area contributed by atoms with Crippen LogP contribution < -0.4 is 10.6 Å². The van der Waals surface area contributed by atoms with Gasteiger partial charge in [0.1, 0.15) is 17.1 Å². The Kier molecular flexibility index (Phi) is 5.13. The Morgan fingerprint density at radius 2 is 1.46 bits per heavy atom. The number of anilines is 1. The zero-order valence-corrected chi connectivity index (χ0v) is 14.0. The van der Waals surface area contributed by atoms with Crippen molar-refractivity contribution in [2.75, 3.05) is 4.90 Å². The van der Waals surface area contributed by atoms with E-state index in [9.17, 15) is 0 Å². The van der Waals surface area contributed by atoms with Gasteiger partial charge in [0.25, 0.3) is 0 Å². The van der Waals surface area contributed by atoms with Crippen molar-refractivity contribution in [1.82, 2.24) is 9.97 Å². The van der Waals surface area contributed by atoms with Gasteiger partial charge in [-0.3, -0.25) is 0 Å². The standard InChI is InChI=1S/C19H18N4S/c20-18(24)17-11-21-14-22-19(17)23(12-15-7-3-1-4-8-15)13-16-9-5-2-6-10-16/h1-11,14H,12-13H2,(H2,20,24). The van der Waals surface area contributed by atoms with Crippen molar-refractivity contribution in [3.63, 3.8) is 0 Å². The van der Waals surface area contributed by atoms with E-state index in [1.165, 1.54) is 17.5 Å². The number of thiocarbonyl (C=S) groups is 1. The molecule has 1 aromatic heterocycles. The highest BCUT2D eigenvalue weighted by Crippen LogP contribution is 2.21. The molecule has 0 atom stereocenters. The Morgan fingerprint density at radius 1 is 0.917 bits per heavy atom. The summed E-state index contributed by atoms with van der Waals surface area (Å²) < 4.78 is 0. The molecule has 0 saturated heterocycles. The van der Waals surface area contributed by atoms with E-state index in [0.29, 0.717) is 23.6 Å². The number of rotatable bonds is 6. The fourth-order valence-corrected chi connectivity index (χ4v) is 2.71. The first-order chi connectivity index (χ1) is 11.7. The maximum atomic E-state index is 5.86. The van der Waals surface area contributed by atoms with Crippen LogP contribution in [-0.2, 0) is 13.1 Å². The number of benzene rings is 2. The molecule has 3 aromatic rings. The molecule has 0 radical (unpaired) electrons. The van der Waals surface area contributed by atoms with E-state index in [2.05, 4.69) is 39.1 Å². The van der Waals surface area contributed by atoms with Crippen LogP contribution in [0.3, 0.4) is 0 Å². The molecule has 1 heterocycles. The highest BCUT2D eigenvalue weighted by atomic mass is 32.1. The lowest BCUT2D eigenvalue weighted by Gasteiger charge is -2.25. The second kappa shape index (κ2) is 7.66. The fourth-order valence-electron chi connectivity index (χ4n) is 2.56. The van der Waals surface area contributed by atoms with Gasteiger partial charge in [-0.25, -0.2) is 9.97 Å². The summed E-state index contributed by atoms with van der Waals surface area (Å²) in [7, 11) is 0. The van der Waals surface area contributed by atoms with Gasteiger partial charge < -0.3 is 10.6 Å². The Balaban J connectivity index is 1.97. The Hall–Kier alpha value is -2.79. The molecule has 2 N–H and O–H groups in total. The Labute approximate surface area is 147 Å². The number of hydrogen-bond donors (Lipinski definition) is 1. The number of nitrogens with two attached hydrogens (primary N) is 1. The molecule has 0 spiro atoms. The van der Waals surface area contributed by atoms with Crippen molar-refractivity contribution in [1.29, 1.82) is 0 Å². The first-order valence-electron chi connectivity index (χ1n) is 7.66. The van der Waals surface area contributed by atoms with Gasteiger partial charge in [-0.2, -0.15) is 0 Å². The van der Waals surface area contributed by atoms with E-state index in [1.807, 2.05) is 36.4 Å². The van der Waals surface area contributed by atoms with Gasteiger partial charge in [0.15, 0.2) is 0 Å². The first kappa shape index (κ1) is 16.1. The zero-order valence-electron chi connectivity index (χ0n) is 13.2. The number of nitrogens with zero attached hydrogens (tertiary/aromatic N) is 3. The normalized spacial score (nSPS) is 10.3. The summed E-state index contributed by atoms with van der Waals surface area (Å²) in [6, 6.07) is 20.5. The Morgan fingerprint density at radius 3 is 1.96 bits per heavy atom. The van der Waals surface area contributed by atoms with E-state index >= 15 is 0 Å². The summed E-state index contributed by atoms with van der Waals surface area (Å²) in [4.78, 5) is 11.0. The molecule has 0 aliphatic rings. The van der Waals surface area contributed by atoms with Gasteiger partial charge >= 0.3 is 0 Å². The van der Waals surface area contributed by atoms with E-state index in [4.69, 9.17) is 18.0 Å². The Bertz CT molecular complexity index is 764. The van der Waals surface area contributed by atoms with Crippen molar-refractivity contribution < 1.29 is 0 Å². The fraction of sp³-hybridized carbons (Fsp3) is 0.105. The molecule has 2 aromatic carbocycles. The summed E-state index contributed by atoms with van der Waals surface area (Å²) in [5.74, 6) is 0.755. The third-order valence-corrected chi connectivity index (χ3v) is 3.91. The summed E-state index contributed by atoms with van der Waals surface area (Å²) in [5.41, 5.74) is 8.95. The zero-order chi connectivity index (χ0) is 16.8. The highest BCUT2D eigenvalue weighted by Gasteiger charge is 2.16. The predicted octanol–water partition coefficient (Wildman–Crippen LogP) is 3.32. The highest BCUT2D eigenvalue weighted by molar-refractivity contribution is 7.80. The minimum atomic E-state index is 0.303.